The molecule has 1 aromatic carbocycles. The standard InChI is InChI=1S/C18H23N3O2/c1-18(2,3)23-17(22)21-9-5-6-13-7-8-14(10-16(13)21)15-11-19-20(4)12-15/h7-8,10-12H,5-6,9H2,1-4H3. The fourth-order valence-corrected chi connectivity index (χ4v) is 2.83. The number of rotatable bonds is 1. The Hall–Kier alpha value is -2.30. The molecule has 0 spiro atoms. The summed E-state index contributed by atoms with van der Waals surface area (Å²) in [5.41, 5.74) is 3.76. The number of fused-ring (bicyclic) bond motifs is 1. The van der Waals surface area contributed by atoms with Gasteiger partial charge in [0, 0.05) is 25.4 Å². The molecule has 0 aliphatic carbocycles. The molecule has 0 fully saturated rings. The average Bonchev–Trinajstić information content (AvgIpc) is 2.91. The summed E-state index contributed by atoms with van der Waals surface area (Å²) in [6.07, 6.45) is 5.48. The van der Waals surface area contributed by atoms with Crippen molar-refractivity contribution in [2.75, 3.05) is 11.4 Å². The van der Waals surface area contributed by atoms with Crippen LogP contribution in [0.25, 0.3) is 11.1 Å². The van der Waals surface area contributed by atoms with Crippen molar-refractivity contribution in [2.45, 2.75) is 39.2 Å². The normalized spacial score (nSPS) is 14.5. The average molecular weight is 313 g/mol. The van der Waals surface area contributed by atoms with Crippen molar-refractivity contribution in [2.24, 2.45) is 7.05 Å². The molecular weight excluding hydrogens is 290 g/mol. The van der Waals surface area contributed by atoms with Gasteiger partial charge in [-0.15, -0.1) is 0 Å². The van der Waals surface area contributed by atoms with Crippen LogP contribution in [-0.2, 0) is 18.2 Å². The number of amides is 1. The van der Waals surface area contributed by atoms with Gasteiger partial charge in [-0.05, 0) is 50.8 Å². The Labute approximate surface area is 136 Å². The lowest BCUT2D eigenvalue weighted by atomic mass is 9.98. The van der Waals surface area contributed by atoms with E-state index in [-0.39, 0.29) is 6.09 Å². The molecule has 122 valence electrons. The highest BCUT2D eigenvalue weighted by molar-refractivity contribution is 5.90. The Balaban J connectivity index is 1.95. The van der Waals surface area contributed by atoms with E-state index in [4.69, 9.17) is 4.74 Å². The lowest BCUT2D eigenvalue weighted by Crippen LogP contribution is -2.39. The van der Waals surface area contributed by atoms with Gasteiger partial charge in [-0.2, -0.15) is 5.10 Å². The number of carbonyl (C=O) groups is 1. The van der Waals surface area contributed by atoms with Gasteiger partial charge in [0.05, 0.1) is 11.9 Å². The summed E-state index contributed by atoms with van der Waals surface area (Å²) in [4.78, 5) is 14.3. The van der Waals surface area contributed by atoms with E-state index in [0.29, 0.717) is 6.54 Å². The zero-order valence-corrected chi connectivity index (χ0v) is 14.2. The second kappa shape index (κ2) is 5.72. The Kier molecular flexibility index (Phi) is 3.88. The molecule has 0 radical (unpaired) electrons. The van der Waals surface area contributed by atoms with E-state index in [2.05, 4.69) is 23.3 Å². The smallest absolute Gasteiger partial charge is 0.414 e. The fourth-order valence-electron chi connectivity index (χ4n) is 2.83. The number of ether oxygens (including phenoxy) is 1. The summed E-state index contributed by atoms with van der Waals surface area (Å²) in [5.74, 6) is 0. The van der Waals surface area contributed by atoms with Crippen LogP contribution in [0.1, 0.15) is 32.8 Å². The SMILES string of the molecule is Cn1cc(-c2ccc3c(c2)N(C(=O)OC(C)(C)C)CCC3)cn1. The maximum absolute atomic E-state index is 12.5. The number of aryl methyl sites for hydroxylation is 2. The van der Waals surface area contributed by atoms with E-state index in [1.54, 1.807) is 9.58 Å². The van der Waals surface area contributed by atoms with Gasteiger partial charge < -0.3 is 4.74 Å². The van der Waals surface area contributed by atoms with Gasteiger partial charge in [0.2, 0.25) is 0 Å². The summed E-state index contributed by atoms with van der Waals surface area (Å²) in [5, 5.41) is 4.22. The first kappa shape index (κ1) is 15.6. The van der Waals surface area contributed by atoms with Gasteiger partial charge >= 0.3 is 6.09 Å². The van der Waals surface area contributed by atoms with Crippen molar-refractivity contribution in [3.05, 3.63) is 36.2 Å². The minimum atomic E-state index is -0.490. The summed E-state index contributed by atoms with van der Waals surface area (Å²) < 4.78 is 7.33. The summed E-state index contributed by atoms with van der Waals surface area (Å²) in [7, 11) is 1.90. The highest BCUT2D eigenvalue weighted by Gasteiger charge is 2.27. The zero-order chi connectivity index (χ0) is 16.6. The summed E-state index contributed by atoms with van der Waals surface area (Å²) in [6.45, 7) is 6.36. The van der Waals surface area contributed by atoms with Crippen LogP contribution in [0.5, 0.6) is 0 Å². The van der Waals surface area contributed by atoms with Crippen molar-refractivity contribution in [3.8, 4) is 11.1 Å². The van der Waals surface area contributed by atoms with Crippen LogP contribution in [0, 0.1) is 0 Å². The second-order valence-corrected chi connectivity index (χ2v) is 6.98. The van der Waals surface area contributed by atoms with Crippen LogP contribution in [0.2, 0.25) is 0 Å². The second-order valence-electron chi connectivity index (χ2n) is 6.98. The molecule has 5 nitrogen and oxygen atoms in total. The van der Waals surface area contributed by atoms with E-state index in [1.807, 2.05) is 40.2 Å². The predicted molar refractivity (Wildman–Crippen MR) is 90.5 cm³/mol. The number of nitrogens with zero attached hydrogens (tertiary/aromatic N) is 3. The Morgan fingerprint density at radius 1 is 1.26 bits per heavy atom. The number of hydrogen-bond donors (Lipinski definition) is 0. The van der Waals surface area contributed by atoms with Crippen molar-refractivity contribution < 1.29 is 9.53 Å². The highest BCUT2D eigenvalue weighted by atomic mass is 16.6. The molecule has 0 saturated carbocycles. The van der Waals surface area contributed by atoms with Crippen molar-refractivity contribution in [1.29, 1.82) is 0 Å². The Morgan fingerprint density at radius 2 is 2.04 bits per heavy atom. The number of aromatic nitrogens is 2. The first-order valence-corrected chi connectivity index (χ1v) is 7.96. The molecule has 0 atom stereocenters. The van der Waals surface area contributed by atoms with Gasteiger partial charge in [-0.1, -0.05) is 12.1 Å². The molecule has 0 unspecified atom stereocenters. The third-order valence-corrected chi connectivity index (χ3v) is 3.86. The first-order valence-electron chi connectivity index (χ1n) is 7.96. The minimum Gasteiger partial charge on any atom is -0.443 e. The molecule has 2 heterocycles. The van der Waals surface area contributed by atoms with Crippen LogP contribution in [0.15, 0.2) is 30.6 Å². The zero-order valence-electron chi connectivity index (χ0n) is 14.2. The molecule has 1 aliphatic heterocycles. The predicted octanol–water partition coefficient (Wildman–Crippen LogP) is 3.77. The molecule has 0 bridgehead atoms. The van der Waals surface area contributed by atoms with E-state index >= 15 is 0 Å². The molecule has 0 saturated heterocycles. The summed E-state index contributed by atoms with van der Waals surface area (Å²) >= 11 is 0. The van der Waals surface area contributed by atoms with E-state index in [1.165, 1.54) is 5.56 Å². The molecule has 23 heavy (non-hydrogen) atoms. The highest BCUT2D eigenvalue weighted by Crippen LogP contribution is 2.33. The Morgan fingerprint density at radius 3 is 2.70 bits per heavy atom. The van der Waals surface area contributed by atoms with Crippen LogP contribution in [0.3, 0.4) is 0 Å². The molecule has 1 aliphatic rings. The van der Waals surface area contributed by atoms with Crippen molar-refractivity contribution >= 4 is 11.8 Å². The van der Waals surface area contributed by atoms with Crippen molar-refractivity contribution in [3.63, 3.8) is 0 Å². The van der Waals surface area contributed by atoms with E-state index in [0.717, 1.165) is 29.7 Å². The third kappa shape index (κ3) is 3.38. The van der Waals surface area contributed by atoms with Gasteiger partial charge in [0.25, 0.3) is 0 Å². The van der Waals surface area contributed by atoms with E-state index in [9.17, 15) is 4.79 Å². The van der Waals surface area contributed by atoms with Crippen LogP contribution in [-0.4, -0.2) is 28.0 Å². The summed E-state index contributed by atoms with van der Waals surface area (Å²) in [6, 6.07) is 6.26. The van der Waals surface area contributed by atoms with Crippen molar-refractivity contribution in [1.82, 2.24) is 9.78 Å². The monoisotopic (exact) mass is 313 g/mol. The maximum atomic E-state index is 12.5. The quantitative estimate of drug-likeness (QED) is 0.805. The maximum Gasteiger partial charge on any atom is 0.414 e. The number of hydrogen-bond acceptors (Lipinski definition) is 3. The fraction of sp³-hybridized carbons (Fsp3) is 0.444. The molecular formula is C18H23N3O2. The molecule has 2 aromatic rings. The van der Waals surface area contributed by atoms with Gasteiger partial charge in [0.1, 0.15) is 5.60 Å². The molecule has 0 N–H and O–H groups in total. The lowest BCUT2D eigenvalue weighted by molar-refractivity contribution is 0.0578. The number of carbonyl (C=O) groups excluding carboxylic acids is 1. The lowest BCUT2D eigenvalue weighted by Gasteiger charge is -2.32. The topological polar surface area (TPSA) is 47.4 Å². The first-order chi connectivity index (χ1) is 10.8. The number of benzene rings is 1. The third-order valence-electron chi connectivity index (χ3n) is 3.86. The molecule has 1 aromatic heterocycles. The van der Waals surface area contributed by atoms with Gasteiger partial charge in [0.15, 0.2) is 0 Å². The minimum absolute atomic E-state index is 0.276. The molecule has 3 rings (SSSR count). The van der Waals surface area contributed by atoms with Gasteiger partial charge in [-0.25, -0.2) is 4.79 Å². The van der Waals surface area contributed by atoms with Crippen LogP contribution in [0.4, 0.5) is 10.5 Å². The largest absolute Gasteiger partial charge is 0.443 e. The molecule has 5 heteroatoms. The van der Waals surface area contributed by atoms with Crippen LogP contribution >= 0.6 is 0 Å². The Bertz CT molecular complexity index is 728. The van der Waals surface area contributed by atoms with Crippen LogP contribution < -0.4 is 4.90 Å². The van der Waals surface area contributed by atoms with E-state index < -0.39 is 5.60 Å². The number of anilines is 1. The van der Waals surface area contributed by atoms with Gasteiger partial charge in [-0.3, -0.25) is 9.58 Å². The molecule has 1 amide bonds.